The highest BCUT2D eigenvalue weighted by Gasteiger charge is 2.40. The molecule has 0 spiro atoms. The lowest BCUT2D eigenvalue weighted by atomic mass is 9.71. The van der Waals surface area contributed by atoms with Crippen LogP contribution in [0.3, 0.4) is 0 Å². The number of phenols is 1. The summed E-state index contributed by atoms with van der Waals surface area (Å²) in [7, 11) is 1.48. The SMILES string of the molecule is COc1cc(CCC(=O)C(C)(C)C(=O)C(C)(C)C)ccc1O. The van der Waals surface area contributed by atoms with Gasteiger partial charge in [-0.15, -0.1) is 0 Å². The van der Waals surface area contributed by atoms with Crippen LogP contribution in [0, 0.1) is 10.8 Å². The van der Waals surface area contributed by atoms with Crippen LogP contribution in [-0.4, -0.2) is 23.8 Å². The number of aromatic hydroxyl groups is 1. The second-order valence-corrected chi connectivity index (χ2v) is 7.13. The number of methoxy groups -OCH3 is 1. The minimum atomic E-state index is -0.987. The van der Waals surface area contributed by atoms with E-state index in [1.807, 2.05) is 20.8 Å². The average Bonchev–Trinajstić information content (AvgIpc) is 2.44. The lowest BCUT2D eigenvalue weighted by Gasteiger charge is -2.29. The maximum Gasteiger partial charge on any atom is 0.160 e. The van der Waals surface area contributed by atoms with Crippen molar-refractivity contribution in [1.82, 2.24) is 0 Å². The minimum absolute atomic E-state index is 0.0479. The van der Waals surface area contributed by atoms with Crippen molar-refractivity contribution in [2.24, 2.45) is 10.8 Å². The summed E-state index contributed by atoms with van der Waals surface area (Å²) in [5, 5.41) is 9.57. The van der Waals surface area contributed by atoms with Gasteiger partial charge in [-0.3, -0.25) is 9.59 Å². The van der Waals surface area contributed by atoms with Gasteiger partial charge in [0.05, 0.1) is 12.5 Å². The van der Waals surface area contributed by atoms with Gasteiger partial charge in [-0.25, -0.2) is 0 Å². The molecule has 0 atom stereocenters. The number of carbonyl (C=O) groups excluding carboxylic acids is 2. The monoisotopic (exact) mass is 306 g/mol. The fourth-order valence-electron chi connectivity index (χ4n) is 2.51. The molecule has 0 aromatic heterocycles. The summed E-state index contributed by atoms with van der Waals surface area (Å²) in [6.45, 7) is 8.88. The van der Waals surface area contributed by atoms with Crippen molar-refractivity contribution in [2.75, 3.05) is 7.11 Å². The predicted octanol–water partition coefficient (Wildman–Crippen LogP) is 3.54. The number of carbonyl (C=O) groups is 2. The van der Waals surface area contributed by atoms with Gasteiger partial charge in [-0.2, -0.15) is 0 Å². The van der Waals surface area contributed by atoms with Gasteiger partial charge in [0.1, 0.15) is 5.78 Å². The quantitative estimate of drug-likeness (QED) is 0.816. The van der Waals surface area contributed by atoms with E-state index in [9.17, 15) is 14.7 Å². The second kappa shape index (κ2) is 6.51. The molecule has 0 saturated carbocycles. The molecular weight excluding hydrogens is 280 g/mol. The molecule has 0 aliphatic carbocycles. The average molecular weight is 306 g/mol. The van der Waals surface area contributed by atoms with Crippen molar-refractivity contribution in [1.29, 1.82) is 0 Å². The first-order chi connectivity index (χ1) is 10.00. The molecule has 4 heteroatoms. The second-order valence-electron chi connectivity index (χ2n) is 7.13. The predicted molar refractivity (Wildman–Crippen MR) is 86.2 cm³/mol. The number of Topliss-reactive ketones (excluding diaryl/α,β-unsaturated/α-hetero) is 2. The minimum Gasteiger partial charge on any atom is -0.504 e. The van der Waals surface area contributed by atoms with E-state index in [1.165, 1.54) is 7.11 Å². The molecule has 0 bridgehead atoms. The van der Waals surface area contributed by atoms with Crippen LogP contribution in [0.1, 0.15) is 46.6 Å². The summed E-state index contributed by atoms with van der Waals surface area (Å²) in [5.74, 6) is 0.337. The van der Waals surface area contributed by atoms with E-state index < -0.39 is 10.8 Å². The Bertz CT molecular complexity index is 565. The van der Waals surface area contributed by atoms with Crippen LogP contribution in [-0.2, 0) is 16.0 Å². The number of aryl methyl sites for hydroxylation is 1. The van der Waals surface area contributed by atoms with Crippen molar-refractivity contribution in [3.8, 4) is 11.5 Å². The van der Waals surface area contributed by atoms with Crippen molar-refractivity contribution in [3.05, 3.63) is 23.8 Å². The molecule has 4 nitrogen and oxygen atoms in total. The molecule has 0 aliphatic rings. The first kappa shape index (κ1) is 18.2. The molecule has 0 radical (unpaired) electrons. The van der Waals surface area contributed by atoms with Crippen molar-refractivity contribution in [3.63, 3.8) is 0 Å². The molecule has 1 aromatic carbocycles. The highest BCUT2D eigenvalue weighted by Crippen LogP contribution is 2.32. The highest BCUT2D eigenvalue weighted by molar-refractivity contribution is 6.08. The Balaban J connectivity index is 2.80. The van der Waals surface area contributed by atoms with Gasteiger partial charge < -0.3 is 9.84 Å². The van der Waals surface area contributed by atoms with Crippen LogP contribution < -0.4 is 4.74 Å². The van der Waals surface area contributed by atoms with Gasteiger partial charge in [0.2, 0.25) is 0 Å². The normalized spacial score (nSPS) is 12.1. The Kier molecular flexibility index (Phi) is 5.39. The third-order valence-corrected chi connectivity index (χ3v) is 3.83. The van der Waals surface area contributed by atoms with Gasteiger partial charge in [0.15, 0.2) is 17.3 Å². The molecule has 1 aromatic rings. The van der Waals surface area contributed by atoms with E-state index in [4.69, 9.17) is 4.74 Å². The zero-order valence-corrected chi connectivity index (χ0v) is 14.3. The van der Waals surface area contributed by atoms with Gasteiger partial charge in [0, 0.05) is 11.8 Å². The Morgan fingerprint density at radius 2 is 1.73 bits per heavy atom. The number of phenolic OH excluding ortho intramolecular Hbond substituents is 1. The molecule has 0 amide bonds. The number of rotatable bonds is 6. The standard InChI is InChI=1S/C18H26O4/c1-17(2,3)16(21)18(4,5)15(20)10-8-12-7-9-13(19)14(11-12)22-6/h7,9,11,19H,8,10H2,1-6H3. The molecular formula is C18H26O4. The summed E-state index contributed by atoms with van der Waals surface area (Å²) in [4.78, 5) is 24.9. The van der Waals surface area contributed by atoms with Gasteiger partial charge in [-0.05, 0) is 38.0 Å². The molecule has 0 fully saturated rings. The van der Waals surface area contributed by atoms with Crippen LogP contribution in [0.4, 0.5) is 0 Å². The highest BCUT2D eigenvalue weighted by atomic mass is 16.5. The van der Waals surface area contributed by atoms with E-state index in [1.54, 1.807) is 32.0 Å². The van der Waals surface area contributed by atoms with Crippen molar-refractivity contribution >= 4 is 11.6 Å². The summed E-state index contributed by atoms with van der Waals surface area (Å²) >= 11 is 0. The number of ether oxygens (including phenoxy) is 1. The maximum atomic E-state index is 12.4. The van der Waals surface area contributed by atoms with Crippen molar-refractivity contribution in [2.45, 2.75) is 47.5 Å². The van der Waals surface area contributed by atoms with E-state index in [2.05, 4.69) is 0 Å². The molecule has 0 saturated heterocycles. The van der Waals surface area contributed by atoms with E-state index in [-0.39, 0.29) is 23.7 Å². The van der Waals surface area contributed by atoms with Crippen molar-refractivity contribution < 1.29 is 19.4 Å². The summed E-state index contributed by atoms with van der Waals surface area (Å²) in [6, 6.07) is 5.01. The molecule has 1 N–H and O–H groups in total. The zero-order chi connectivity index (χ0) is 17.1. The Morgan fingerprint density at radius 1 is 1.14 bits per heavy atom. The van der Waals surface area contributed by atoms with E-state index >= 15 is 0 Å². The summed E-state index contributed by atoms with van der Waals surface area (Å²) < 4.78 is 5.05. The molecule has 0 heterocycles. The zero-order valence-electron chi connectivity index (χ0n) is 14.3. The smallest absolute Gasteiger partial charge is 0.160 e. The lowest BCUT2D eigenvalue weighted by Crippen LogP contribution is -2.41. The summed E-state index contributed by atoms with van der Waals surface area (Å²) in [6.07, 6.45) is 0.791. The van der Waals surface area contributed by atoms with Crippen LogP contribution in [0.2, 0.25) is 0 Å². The fourth-order valence-corrected chi connectivity index (χ4v) is 2.51. The molecule has 22 heavy (non-hydrogen) atoms. The van der Waals surface area contributed by atoms with Crippen LogP contribution >= 0.6 is 0 Å². The lowest BCUT2D eigenvalue weighted by molar-refractivity contribution is -0.143. The molecule has 0 unspecified atom stereocenters. The van der Waals surface area contributed by atoms with Gasteiger partial charge in [-0.1, -0.05) is 26.8 Å². The number of ketones is 2. The maximum absolute atomic E-state index is 12.4. The molecule has 1 rings (SSSR count). The number of benzene rings is 1. The number of hydrogen-bond donors (Lipinski definition) is 1. The molecule has 0 aliphatic heterocycles. The summed E-state index contributed by atoms with van der Waals surface area (Å²) in [5.41, 5.74) is -0.637. The van der Waals surface area contributed by atoms with Crippen LogP contribution in [0.5, 0.6) is 11.5 Å². The first-order valence-corrected chi connectivity index (χ1v) is 7.44. The Hall–Kier alpha value is -1.84. The van der Waals surface area contributed by atoms with Crippen LogP contribution in [0.25, 0.3) is 0 Å². The van der Waals surface area contributed by atoms with E-state index in [0.29, 0.717) is 12.2 Å². The molecule has 122 valence electrons. The van der Waals surface area contributed by atoms with E-state index in [0.717, 1.165) is 5.56 Å². The topological polar surface area (TPSA) is 63.6 Å². The third-order valence-electron chi connectivity index (χ3n) is 3.83. The van der Waals surface area contributed by atoms with Gasteiger partial charge >= 0.3 is 0 Å². The van der Waals surface area contributed by atoms with Gasteiger partial charge in [0.25, 0.3) is 0 Å². The Labute approximate surface area is 132 Å². The largest absolute Gasteiger partial charge is 0.504 e. The third kappa shape index (κ3) is 4.09. The fraction of sp³-hybridized carbons (Fsp3) is 0.556. The number of hydrogen-bond acceptors (Lipinski definition) is 4. The first-order valence-electron chi connectivity index (χ1n) is 7.44. The van der Waals surface area contributed by atoms with Crippen LogP contribution in [0.15, 0.2) is 18.2 Å². The Morgan fingerprint density at radius 3 is 2.23 bits per heavy atom.